The highest BCUT2D eigenvalue weighted by atomic mass is 35.5. The Bertz CT molecular complexity index is 1120. The second-order valence-electron chi connectivity index (χ2n) is 7.50. The van der Waals surface area contributed by atoms with E-state index >= 15 is 0 Å². The molecular weight excluding hydrogens is 384 g/mol. The molecule has 1 amide bonds. The lowest BCUT2D eigenvalue weighted by Crippen LogP contribution is -2.33. The standard InChI is InChI=1S/C24H23ClN2O2/c1-16-9-11-17(12-10-16)14-26-23(28)15-27-22-8-4-6-19(22)20(13-24(27)29)18-5-2-3-7-21(18)25/h2-3,5,7,9-13H,4,6,8,14-15H2,1H3,(H,26,28). The molecule has 0 radical (unpaired) electrons. The first-order valence-corrected chi connectivity index (χ1v) is 10.2. The Morgan fingerprint density at radius 1 is 1.07 bits per heavy atom. The Hall–Kier alpha value is -2.85. The number of nitrogens with zero attached hydrogens (tertiary/aromatic N) is 1. The fourth-order valence-corrected chi connectivity index (χ4v) is 4.17. The van der Waals surface area contributed by atoms with Crippen molar-refractivity contribution < 1.29 is 4.79 Å². The van der Waals surface area contributed by atoms with Crippen molar-refractivity contribution in [2.24, 2.45) is 0 Å². The van der Waals surface area contributed by atoms with Crippen LogP contribution in [0.3, 0.4) is 0 Å². The molecule has 1 N–H and O–H groups in total. The average Bonchev–Trinajstić information content (AvgIpc) is 3.20. The van der Waals surface area contributed by atoms with Crippen LogP contribution in [0.25, 0.3) is 11.1 Å². The summed E-state index contributed by atoms with van der Waals surface area (Å²) >= 11 is 6.37. The summed E-state index contributed by atoms with van der Waals surface area (Å²) in [5.41, 5.74) is 5.91. The van der Waals surface area contributed by atoms with Gasteiger partial charge in [0.2, 0.25) is 5.91 Å². The van der Waals surface area contributed by atoms with E-state index in [4.69, 9.17) is 11.6 Å². The van der Waals surface area contributed by atoms with Crippen LogP contribution in [0, 0.1) is 6.92 Å². The van der Waals surface area contributed by atoms with E-state index in [0.29, 0.717) is 11.6 Å². The quantitative estimate of drug-likeness (QED) is 0.687. The van der Waals surface area contributed by atoms with E-state index in [1.54, 1.807) is 10.6 Å². The molecule has 1 aliphatic carbocycles. The third-order valence-corrected chi connectivity index (χ3v) is 5.78. The number of carbonyl (C=O) groups excluding carboxylic acids is 1. The minimum absolute atomic E-state index is 0.0375. The number of aryl methyl sites for hydroxylation is 1. The molecule has 0 bridgehead atoms. The first-order chi connectivity index (χ1) is 14.0. The smallest absolute Gasteiger partial charge is 0.251 e. The van der Waals surface area contributed by atoms with Gasteiger partial charge in [-0.2, -0.15) is 0 Å². The van der Waals surface area contributed by atoms with E-state index in [-0.39, 0.29) is 18.0 Å². The van der Waals surface area contributed by atoms with Crippen LogP contribution in [0.15, 0.2) is 59.4 Å². The van der Waals surface area contributed by atoms with Crippen molar-refractivity contribution in [1.29, 1.82) is 0 Å². The van der Waals surface area contributed by atoms with Crippen LogP contribution in [0.5, 0.6) is 0 Å². The van der Waals surface area contributed by atoms with Gasteiger partial charge in [0.25, 0.3) is 5.56 Å². The van der Waals surface area contributed by atoms with Crippen molar-refractivity contribution in [3.05, 3.63) is 92.4 Å². The SMILES string of the molecule is Cc1ccc(CNC(=O)Cn2c3c(c(-c4ccccc4Cl)cc2=O)CCC3)cc1. The zero-order valence-corrected chi connectivity index (χ0v) is 17.1. The molecule has 1 aromatic heterocycles. The molecular formula is C24H23ClN2O2. The molecule has 0 saturated carbocycles. The highest BCUT2D eigenvalue weighted by Crippen LogP contribution is 2.34. The van der Waals surface area contributed by atoms with Crippen LogP contribution in [0.4, 0.5) is 0 Å². The fraction of sp³-hybridized carbons (Fsp3) is 0.250. The van der Waals surface area contributed by atoms with Gasteiger partial charge in [0.1, 0.15) is 6.54 Å². The molecule has 1 heterocycles. The lowest BCUT2D eigenvalue weighted by molar-refractivity contribution is -0.121. The van der Waals surface area contributed by atoms with Gasteiger partial charge in [-0.25, -0.2) is 0 Å². The normalized spacial score (nSPS) is 12.6. The van der Waals surface area contributed by atoms with E-state index in [2.05, 4.69) is 5.32 Å². The molecule has 3 aromatic rings. The van der Waals surface area contributed by atoms with Crippen molar-refractivity contribution in [3.63, 3.8) is 0 Å². The molecule has 1 aliphatic rings. The van der Waals surface area contributed by atoms with E-state index in [1.807, 2.05) is 55.5 Å². The van der Waals surface area contributed by atoms with Crippen LogP contribution in [-0.4, -0.2) is 10.5 Å². The number of benzene rings is 2. The van der Waals surface area contributed by atoms with E-state index in [0.717, 1.165) is 47.2 Å². The Balaban J connectivity index is 1.58. The van der Waals surface area contributed by atoms with Crippen LogP contribution in [0.1, 0.15) is 28.8 Å². The number of fused-ring (bicyclic) bond motifs is 1. The Labute approximate surface area is 175 Å². The van der Waals surface area contributed by atoms with Crippen LogP contribution in [0.2, 0.25) is 5.02 Å². The van der Waals surface area contributed by atoms with Gasteiger partial charge in [-0.1, -0.05) is 59.6 Å². The first kappa shape index (κ1) is 19.5. The Kier molecular flexibility index (Phi) is 5.54. The van der Waals surface area contributed by atoms with Gasteiger partial charge >= 0.3 is 0 Å². The predicted molar refractivity (Wildman–Crippen MR) is 116 cm³/mol. The first-order valence-electron chi connectivity index (χ1n) is 9.85. The van der Waals surface area contributed by atoms with Gasteiger partial charge < -0.3 is 9.88 Å². The Morgan fingerprint density at radius 2 is 1.83 bits per heavy atom. The second-order valence-corrected chi connectivity index (χ2v) is 7.91. The summed E-state index contributed by atoms with van der Waals surface area (Å²) in [5, 5.41) is 3.55. The van der Waals surface area contributed by atoms with Gasteiger partial charge in [0, 0.05) is 28.9 Å². The summed E-state index contributed by atoms with van der Waals surface area (Å²) in [6.07, 6.45) is 2.66. The largest absolute Gasteiger partial charge is 0.350 e. The summed E-state index contributed by atoms with van der Waals surface area (Å²) < 4.78 is 1.62. The maximum Gasteiger partial charge on any atom is 0.251 e. The van der Waals surface area contributed by atoms with Gasteiger partial charge in [-0.15, -0.1) is 0 Å². The molecule has 148 valence electrons. The summed E-state index contributed by atoms with van der Waals surface area (Å²) in [6, 6.07) is 17.2. The zero-order chi connectivity index (χ0) is 20.4. The van der Waals surface area contributed by atoms with E-state index < -0.39 is 0 Å². The van der Waals surface area contributed by atoms with Gasteiger partial charge in [-0.05, 0) is 48.9 Å². The van der Waals surface area contributed by atoms with Crippen LogP contribution < -0.4 is 10.9 Å². The maximum absolute atomic E-state index is 12.9. The summed E-state index contributed by atoms with van der Waals surface area (Å²) in [4.78, 5) is 25.4. The molecule has 0 unspecified atom stereocenters. The highest BCUT2D eigenvalue weighted by Gasteiger charge is 2.23. The van der Waals surface area contributed by atoms with Crippen molar-refractivity contribution in [2.45, 2.75) is 39.3 Å². The number of amides is 1. The minimum Gasteiger partial charge on any atom is -0.350 e. The number of aromatic nitrogens is 1. The highest BCUT2D eigenvalue weighted by molar-refractivity contribution is 6.33. The number of hydrogen-bond donors (Lipinski definition) is 1. The lowest BCUT2D eigenvalue weighted by atomic mass is 9.99. The number of pyridine rings is 1. The van der Waals surface area contributed by atoms with Crippen LogP contribution in [-0.2, 0) is 30.7 Å². The fourth-order valence-electron chi connectivity index (χ4n) is 3.94. The molecule has 0 atom stereocenters. The average molecular weight is 407 g/mol. The zero-order valence-electron chi connectivity index (χ0n) is 16.4. The number of rotatable bonds is 5. The van der Waals surface area contributed by atoms with Crippen molar-refractivity contribution in [3.8, 4) is 11.1 Å². The number of carbonyl (C=O) groups is 1. The molecule has 0 aliphatic heterocycles. The van der Waals surface area contributed by atoms with Crippen molar-refractivity contribution in [1.82, 2.24) is 9.88 Å². The lowest BCUT2D eigenvalue weighted by Gasteiger charge is -2.16. The summed E-state index contributed by atoms with van der Waals surface area (Å²) in [7, 11) is 0. The molecule has 0 spiro atoms. The molecule has 29 heavy (non-hydrogen) atoms. The van der Waals surface area contributed by atoms with Gasteiger partial charge in [-0.3, -0.25) is 9.59 Å². The maximum atomic E-state index is 12.9. The third kappa shape index (κ3) is 4.13. The number of nitrogens with one attached hydrogen (secondary N) is 1. The number of halogens is 1. The minimum atomic E-state index is -0.161. The van der Waals surface area contributed by atoms with Crippen LogP contribution >= 0.6 is 11.6 Å². The topological polar surface area (TPSA) is 51.1 Å². The molecule has 4 rings (SSSR count). The number of hydrogen-bond acceptors (Lipinski definition) is 2. The Morgan fingerprint density at radius 3 is 2.59 bits per heavy atom. The van der Waals surface area contributed by atoms with Gasteiger partial charge in [0.15, 0.2) is 0 Å². The monoisotopic (exact) mass is 406 g/mol. The molecule has 0 saturated heterocycles. The summed E-state index contributed by atoms with van der Waals surface area (Å²) in [5.74, 6) is -0.160. The van der Waals surface area contributed by atoms with Crippen molar-refractivity contribution in [2.75, 3.05) is 0 Å². The van der Waals surface area contributed by atoms with E-state index in [1.165, 1.54) is 5.56 Å². The van der Waals surface area contributed by atoms with Gasteiger partial charge in [0.05, 0.1) is 0 Å². The second kappa shape index (κ2) is 8.26. The molecule has 2 aromatic carbocycles. The molecule has 0 fully saturated rings. The van der Waals surface area contributed by atoms with Crippen molar-refractivity contribution >= 4 is 17.5 Å². The molecule has 5 heteroatoms. The summed E-state index contributed by atoms with van der Waals surface area (Å²) in [6.45, 7) is 2.52. The third-order valence-electron chi connectivity index (χ3n) is 5.45. The predicted octanol–water partition coefficient (Wildman–Crippen LogP) is 4.28. The molecule has 4 nitrogen and oxygen atoms in total. The van der Waals surface area contributed by atoms with E-state index in [9.17, 15) is 9.59 Å².